The molecule has 1 aromatic heterocycles. The summed E-state index contributed by atoms with van der Waals surface area (Å²) in [4.78, 5) is 18.5. The van der Waals surface area contributed by atoms with E-state index in [0.717, 1.165) is 22.4 Å². The van der Waals surface area contributed by atoms with Crippen molar-refractivity contribution in [2.75, 3.05) is 0 Å². The zero-order valence-corrected chi connectivity index (χ0v) is 9.53. The number of aromatic amines is 1. The van der Waals surface area contributed by atoms with E-state index in [-0.39, 0.29) is 0 Å². The molecule has 0 bridgehead atoms. The number of benzene rings is 1. The maximum Gasteiger partial charge on any atom is 0.313 e. The fourth-order valence-electron chi connectivity index (χ4n) is 1.65. The lowest BCUT2D eigenvalue weighted by Crippen LogP contribution is -2.28. The topological polar surface area (TPSA) is 66.0 Å². The molecule has 2 aromatic rings. The van der Waals surface area contributed by atoms with Crippen LogP contribution in [0.2, 0.25) is 0 Å². The number of carboxylic acid groups (broad SMARTS) is 1. The number of fused-ring (bicyclic) bond motifs is 1. The number of carbonyl (C=O) groups is 1. The molecule has 1 aromatic carbocycles. The third-order valence-electron chi connectivity index (χ3n) is 2.86. The van der Waals surface area contributed by atoms with Crippen molar-refractivity contribution in [3.8, 4) is 0 Å². The van der Waals surface area contributed by atoms with Gasteiger partial charge in [-0.25, -0.2) is 4.98 Å². The second kappa shape index (κ2) is 3.33. The molecule has 0 fully saturated rings. The van der Waals surface area contributed by atoms with E-state index >= 15 is 0 Å². The first-order chi connectivity index (χ1) is 7.41. The third-order valence-corrected chi connectivity index (χ3v) is 2.86. The molecule has 1 heterocycles. The zero-order chi connectivity index (χ0) is 11.9. The van der Waals surface area contributed by atoms with Gasteiger partial charge in [-0.1, -0.05) is 6.07 Å². The van der Waals surface area contributed by atoms with Crippen LogP contribution in [0.3, 0.4) is 0 Å². The largest absolute Gasteiger partial charge is 0.481 e. The van der Waals surface area contributed by atoms with E-state index in [0.29, 0.717) is 0 Å². The number of aliphatic carboxylic acids is 1. The molecule has 0 radical (unpaired) electrons. The predicted octanol–water partition coefficient (Wildman–Crippen LogP) is 2.23. The number of imidazole rings is 1. The summed E-state index contributed by atoms with van der Waals surface area (Å²) in [6.07, 6.45) is 0. The normalized spacial score (nSPS) is 11.9. The summed E-state index contributed by atoms with van der Waals surface area (Å²) in [5.41, 5.74) is 1.63. The summed E-state index contributed by atoms with van der Waals surface area (Å²) in [7, 11) is 0. The third kappa shape index (κ3) is 1.56. The van der Waals surface area contributed by atoms with Gasteiger partial charge in [-0.3, -0.25) is 4.79 Å². The highest BCUT2D eigenvalue weighted by Crippen LogP contribution is 2.26. The van der Waals surface area contributed by atoms with Crippen molar-refractivity contribution in [3.63, 3.8) is 0 Å². The molecule has 4 nitrogen and oxygen atoms in total. The first-order valence-electron chi connectivity index (χ1n) is 5.11. The number of nitrogens with zero attached hydrogens (tertiary/aromatic N) is 1. The van der Waals surface area contributed by atoms with Crippen LogP contribution in [0.4, 0.5) is 0 Å². The Morgan fingerprint density at radius 1 is 1.44 bits per heavy atom. The molecule has 2 rings (SSSR count). The lowest BCUT2D eigenvalue weighted by molar-refractivity contribution is -0.142. The summed E-state index contributed by atoms with van der Waals surface area (Å²) in [6, 6.07) is 5.51. The molecular weight excluding hydrogens is 204 g/mol. The Bertz CT molecular complexity index is 555. The number of aryl methyl sites for hydroxylation is 1. The first-order valence-corrected chi connectivity index (χ1v) is 5.11. The van der Waals surface area contributed by atoms with Crippen LogP contribution < -0.4 is 0 Å². The molecule has 0 aliphatic heterocycles. The standard InChI is InChI=1S/C12H14N2O2/c1-7-13-9-5-4-8(6-10(9)14-7)12(2,3)11(15)16/h4-6H,1-3H3,(H,13,14)(H,15,16). The van der Waals surface area contributed by atoms with Gasteiger partial charge in [0.1, 0.15) is 5.82 Å². The van der Waals surface area contributed by atoms with Gasteiger partial charge < -0.3 is 10.1 Å². The van der Waals surface area contributed by atoms with Crippen molar-refractivity contribution in [1.82, 2.24) is 9.97 Å². The lowest BCUT2D eigenvalue weighted by atomic mass is 9.85. The van der Waals surface area contributed by atoms with Crippen LogP contribution in [0.1, 0.15) is 25.2 Å². The number of nitrogens with one attached hydrogen (secondary N) is 1. The Kier molecular flexibility index (Phi) is 2.22. The van der Waals surface area contributed by atoms with Crippen LogP contribution in [0.15, 0.2) is 18.2 Å². The summed E-state index contributed by atoms with van der Waals surface area (Å²) >= 11 is 0. The number of hydrogen-bond acceptors (Lipinski definition) is 2. The molecule has 2 N–H and O–H groups in total. The first kappa shape index (κ1) is 10.7. The molecule has 0 saturated heterocycles. The fraction of sp³-hybridized carbons (Fsp3) is 0.333. The molecule has 0 atom stereocenters. The van der Waals surface area contributed by atoms with Gasteiger partial charge in [0.25, 0.3) is 0 Å². The molecule has 0 aliphatic rings. The van der Waals surface area contributed by atoms with E-state index in [1.807, 2.05) is 25.1 Å². The molecule has 84 valence electrons. The van der Waals surface area contributed by atoms with E-state index in [9.17, 15) is 4.79 Å². The number of rotatable bonds is 2. The van der Waals surface area contributed by atoms with E-state index in [4.69, 9.17) is 5.11 Å². The van der Waals surface area contributed by atoms with Crippen molar-refractivity contribution < 1.29 is 9.90 Å². The SMILES string of the molecule is Cc1nc2ccc(C(C)(C)C(=O)O)cc2[nH]1. The highest BCUT2D eigenvalue weighted by Gasteiger charge is 2.29. The zero-order valence-electron chi connectivity index (χ0n) is 9.53. The van der Waals surface area contributed by atoms with Gasteiger partial charge >= 0.3 is 5.97 Å². The lowest BCUT2D eigenvalue weighted by Gasteiger charge is -2.19. The molecule has 16 heavy (non-hydrogen) atoms. The Labute approximate surface area is 93.3 Å². The van der Waals surface area contributed by atoms with Crippen LogP contribution in [-0.2, 0) is 10.2 Å². The average Bonchev–Trinajstić information content (AvgIpc) is 2.56. The van der Waals surface area contributed by atoms with Gasteiger partial charge in [-0.05, 0) is 38.5 Å². The smallest absolute Gasteiger partial charge is 0.313 e. The van der Waals surface area contributed by atoms with Gasteiger partial charge in [0.2, 0.25) is 0 Å². The van der Waals surface area contributed by atoms with E-state index in [1.54, 1.807) is 13.8 Å². The maximum atomic E-state index is 11.1. The second-order valence-electron chi connectivity index (χ2n) is 4.48. The molecule has 0 aliphatic carbocycles. The van der Waals surface area contributed by atoms with Crippen molar-refractivity contribution in [2.24, 2.45) is 0 Å². The Morgan fingerprint density at radius 3 is 2.75 bits per heavy atom. The molecule has 0 spiro atoms. The van der Waals surface area contributed by atoms with E-state index in [2.05, 4.69) is 9.97 Å². The summed E-state index contributed by atoms with van der Waals surface area (Å²) in [5.74, 6) is 0.00312. The van der Waals surface area contributed by atoms with Crippen LogP contribution in [0.5, 0.6) is 0 Å². The molecule has 0 unspecified atom stereocenters. The van der Waals surface area contributed by atoms with Crippen molar-refractivity contribution in [3.05, 3.63) is 29.6 Å². The second-order valence-corrected chi connectivity index (χ2v) is 4.48. The highest BCUT2D eigenvalue weighted by molar-refractivity contribution is 5.83. The van der Waals surface area contributed by atoms with Gasteiger partial charge in [0.05, 0.1) is 16.4 Å². The van der Waals surface area contributed by atoms with Gasteiger partial charge in [0, 0.05) is 0 Å². The minimum absolute atomic E-state index is 0.774. The van der Waals surface area contributed by atoms with Crippen molar-refractivity contribution in [1.29, 1.82) is 0 Å². The minimum atomic E-state index is -0.882. The monoisotopic (exact) mass is 218 g/mol. The highest BCUT2D eigenvalue weighted by atomic mass is 16.4. The van der Waals surface area contributed by atoms with E-state index in [1.165, 1.54) is 0 Å². The molecule has 0 saturated carbocycles. The van der Waals surface area contributed by atoms with Gasteiger partial charge in [0.15, 0.2) is 0 Å². The summed E-state index contributed by atoms with van der Waals surface area (Å²) in [6.45, 7) is 5.27. The number of carboxylic acids is 1. The van der Waals surface area contributed by atoms with Crippen LogP contribution in [-0.4, -0.2) is 21.0 Å². The van der Waals surface area contributed by atoms with Crippen LogP contribution in [0.25, 0.3) is 11.0 Å². The molecular formula is C12H14N2O2. The number of aromatic nitrogens is 2. The maximum absolute atomic E-state index is 11.1. The van der Waals surface area contributed by atoms with Crippen molar-refractivity contribution >= 4 is 17.0 Å². The Balaban J connectivity index is 2.58. The van der Waals surface area contributed by atoms with E-state index < -0.39 is 11.4 Å². The number of H-pyrrole nitrogens is 1. The fourth-order valence-corrected chi connectivity index (χ4v) is 1.65. The average molecular weight is 218 g/mol. The van der Waals surface area contributed by atoms with Crippen molar-refractivity contribution in [2.45, 2.75) is 26.2 Å². The summed E-state index contributed by atoms with van der Waals surface area (Å²) in [5, 5.41) is 9.15. The Hall–Kier alpha value is -1.84. The minimum Gasteiger partial charge on any atom is -0.481 e. The molecule has 0 amide bonds. The van der Waals surface area contributed by atoms with Gasteiger partial charge in [-0.15, -0.1) is 0 Å². The van der Waals surface area contributed by atoms with Crippen LogP contribution in [0, 0.1) is 6.92 Å². The summed E-state index contributed by atoms with van der Waals surface area (Å²) < 4.78 is 0. The molecule has 4 heteroatoms. The Morgan fingerprint density at radius 2 is 2.12 bits per heavy atom. The van der Waals surface area contributed by atoms with Crippen LogP contribution >= 0.6 is 0 Å². The quantitative estimate of drug-likeness (QED) is 0.812. The predicted molar refractivity (Wildman–Crippen MR) is 61.5 cm³/mol. The van der Waals surface area contributed by atoms with Gasteiger partial charge in [-0.2, -0.15) is 0 Å². The number of hydrogen-bond donors (Lipinski definition) is 2.